The molecule has 0 radical (unpaired) electrons. The summed E-state index contributed by atoms with van der Waals surface area (Å²) < 4.78 is 21.4. The molecule has 0 spiro atoms. The van der Waals surface area contributed by atoms with Gasteiger partial charge in [-0.1, -0.05) is 72.8 Å². The number of rotatable bonds is 16. The number of benzene rings is 3. The van der Waals surface area contributed by atoms with E-state index in [-0.39, 0.29) is 50.0 Å². The second-order valence-corrected chi connectivity index (χ2v) is 12.0. The molecule has 0 aliphatic carbocycles. The van der Waals surface area contributed by atoms with Crippen LogP contribution in [-0.2, 0) is 48.0 Å². The number of ketones is 2. The summed E-state index contributed by atoms with van der Waals surface area (Å²) in [6.07, 6.45) is -0.382. The van der Waals surface area contributed by atoms with Crippen molar-refractivity contribution in [3.05, 3.63) is 102 Å². The molecular weight excluding hydrogens is 588 g/mol. The van der Waals surface area contributed by atoms with E-state index < -0.39 is 35.6 Å². The maximum Gasteiger partial charge on any atom is 0.408 e. The molecule has 3 aromatic carbocycles. The summed E-state index contributed by atoms with van der Waals surface area (Å²) in [5, 5.41) is 5.68. The van der Waals surface area contributed by atoms with Gasteiger partial charge in [-0.25, -0.2) is 4.79 Å². The number of methoxy groups -OCH3 is 1. The number of hydrogen-bond acceptors (Lipinski definition) is 8. The lowest BCUT2D eigenvalue weighted by Crippen LogP contribution is -2.54. The van der Waals surface area contributed by atoms with Gasteiger partial charge < -0.3 is 29.6 Å². The lowest BCUT2D eigenvalue weighted by atomic mass is 9.86. The Morgan fingerprint density at radius 1 is 0.848 bits per heavy atom. The number of nitrogens with one attached hydrogen (secondary N) is 2. The van der Waals surface area contributed by atoms with Crippen LogP contribution >= 0.6 is 0 Å². The fourth-order valence-electron chi connectivity index (χ4n) is 5.44. The molecule has 0 unspecified atom stereocenters. The Morgan fingerprint density at radius 2 is 1.46 bits per heavy atom. The second kappa shape index (κ2) is 15.2. The molecule has 4 atom stereocenters. The topological polar surface area (TPSA) is 133 Å². The van der Waals surface area contributed by atoms with Gasteiger partial charge in [-0.3, -0.25) is 14.4 Å². The second-order valence-electron chi connectivity index (χ2n) is 12.0. The van der Waals surface area contributed by atoms with Gasteiger partial charge in [-0.2, -0.15) is 0 Å². The molecule has 10 nitrogen and oxygen atoms in total. The van der Waals surface area contributed by atoms with Crippen molar-refractivity contribution >= 4 is 23.6 Å². The summed E-state index contributed by atoms with van der Waals surface area (Å²) in [6, 6.07) is 24.2. The summed E-state index contributed by atoms with van der Waals surface area (Å²) in [7, 11) is 1.57. The predicted octanol–water partition coefficient (Wildman–Crippen LogP) is 3.84. The molecule has 10 heteroatoms. The van der Waals surface area contributed by atoms with Gasteiger partial charge in [0.25, 0.3) is 0 Å². The maximum absolute atomic E-state index is 14.0. The Balaban J connectivity index is 1.32. The first kappa shape index (κ1) is 32.8. The molecule has 242 valence electrons. The van der Waals surface area contributed by atoms with Gasteiger partial charge in [0.2, 0.25) is 5.91 Å². The van der Waals surface area contributed by atoms with Gasteiger partial charge in [0.1, 0.15) is 18.0 Å². The minimum atomic E-state index is -0.951. The zero-order valence-corrected chi connectivity index (χ0v) is 26.1. The number of carbonyl (C=O) groups excluding carboxylic acids is 4. The van der Waals surface area contributed by atoms with Crippen LogP contribution in [0.5, 0.6) is 5.75 Å². The maximum atomic E-state index is 14.0. The van der Waals surface area contributed by atoms with Crippen molar-refractivity contribution in [1.82, 2.24) is 10.6 Å². The number of Topliss-reactive ketones (excluding diaryl/α,β-unsaturated/α-hetero) is 2. The first-order valence-corrected chi connectivity index (χ1v) is 15.5. The van der Waals surface area contributed by atoms with Crippen LogP contribution in [0.15, 0.2) is 84.9 Å². The smallest absolute Gasteiger partial charge is 0.408 e. The minimum Gasteiger partial charge on any atom is -0.497 e. The minimum absolute atomic E-state index is 0.0523. The third-order valence-corrected chi connectivity index (χ3v) is 8.44. The Hall–Kier alpha value is -4.54. The quantitative estimate of drug-likeness (QED) is 0.229. The average molecular weight is 629 g/mol. The summed E-state index contributed by atoms with van der Waals surface area (Å²) >= 11 is 0. The fourth-order valence-corrected chi connectivity index (χ4v) is 5.44. The van der Waals surface area contributed by atoms with E-state index in [1.54, 1.807) is 26.2 Å². The average Bonchev–Trinajstić information content (AvgIpc) is 3.81. The van der Waals surface area contributed by atoms with E-state index in [2.05, 4.69) is 10.6 Å². The normalized spacial score (nSPS) is 19.1. The molecule has 2 aliphatic rings. The third kappa shape index (κ3) is 8.80. The highest BCUT2D eigenvalue weighted by Crippen LogP contribution is 2.30. The van der Waals surface area contributed by atoms with Crippen molar-refractivity contribution in [2.45, 2.75) is 50.5 Å². The Bertz CT molecular complexity index is 1490. The highest BCUT2D eigenvalue weighted by molar-refractivity contribution is 5.98. The van der Waals surface area contributed by atoms with E-state index in [1.165, 1.54) is 0 Å². The van der Waals surface area contributed by atoms with E-state index in [0.717, 1.165) is 16.7 Å². The van der Waals surface area contributed by atoms with Gasteiger partial charge in [-0.15, -0.1) is 0 Å². The lowest BCUT2D eigenvalue weighted by Gasteiger charge is -2.33. The standard InChI is InChI=1S/C36H40N2O8/c1-36(23-46-36)33(40)30(18-24-9-5-3-6-10-24)37-34(41)27(17-25-13-15-29(43-2)16-14-25)19-31(39)32(28-21-44-22-28)38-35(42)45-20-26-11-7-4-8-12-26/h3-16,27-28,30,32H,17-23H2,1-2H3,(H,37,41)(H,38,42)/t27-,30+,32+,36-/m1/s1. The van der Waals surface area contributed by atoms with Gasteiger partial charge in [0.15, 0.2) is 11.6 Å². The Labute approximate surface area is 268 Å². The van der Waals surface area contributed by atoms with Gasteiger partial charge >= 0.3 is 6.09 Å². The zero-order valence-electron chi connectivity index (χ0n) is 26.1. The molecule has 46 heavy (non-hydrogen) atoms. The highest BCUT2D eigenvalue weighted by Gasteiger charge is 2.50. The van der Waals surface area contributed by atoms with Crippen LogP contribution in [0.3, 0.4) is 0 Å². The van der Waals surface area contributed by atoms with E-state index >= 15 is 0 Å². The summed E-state index contributed by atoms with van der Waals surface area (Å²) in [6.45, 7) is 2.66. The molecule has 0 bridgehead atoms. The largest absolute Gasteiger partial charge is 0.497 e. The lowest BCUT2D eigenvalue weighted by molar-refractivity contribution is -0.136. The number of carbonyl (C=O) groups is 4. The van der Waals surface area contributed by atoms with Crippen LogP contribution in [0, 0.1) is 11.8 Å². The van der Waals surface area contributed by atoms with E-state index in [4.69, 9.17) is 18.9 Å². The van der Waals surface area contributed by atoms with Crippen molar-refractivity contribution < 1.29 is 38.1 Å². The molecule has 2 aliphatic heterocycles. The van der Waals surface area contributed by atoms with Crippen LogP contribution in [-0.4, -0.2) is 68.2 Å². The summed E-state index contributed by atoms with van der Waals surface area (Å²) in [5.74, 6) is -1.38. The SMILES string of the molecule is COc1ccc(C[C@H](CC(=O)[C@@H](NC(=O)OCc2ccccc2)C2COC2)C(=O)N[C@@H](Cc2ccccc2)C(=O)[C@@]2(C)CO2)cc1. The van der Waals surface area contributed by atoms with Crippen molar-refractivity contribution in [3.63, 3.8) is 0 Å². The monoisotopic (exact) mass is 628 g/mol. The predicted molar refractivity (Wildman–Crippen MR) is 169 cm³/mol. The molecule has 2 saturated heterocycles. The van der Waals surface area contributed by atoms with Crippen LogP contribution in [0.4, 0.5) is 4.79 Å². The van der Waals surface area contributed by atoms with E-state index in [1.807, 2.05) is 72.8 Å². The van der Waals surface area contributed by atoms with Crippen molar-refractivity contribution in [2.75, 3.05) is 26.9 Å². The van der Waals surface area contributed by atoms with Crippen molar-refractivity contribution in [1.29, 1.82) is 0 Å². The number of ether oxygens (including phenoxy) is 4. The number of hydrogen-bond donors (Lipinski definition) is 2. The van der Waals surface area contributed by atoms with Crippen LogP contribution < -0.4 is 15.4 Å². The molecule has 2 heterocycles. The number of epoxide rings is 1. The van der Waals surface area contributed by atoms with Crippen molar-refractivity contribution in [3.8, 4) is 5.75 Å². The molecule has 0 aromatic heterocycles. The molecule has 0 saturated carbocycles. The molecule has 2 N–H and O–H groups in total. The van der Waals surface area contributed by atoms with Crippen LogP contribution in [0.1, 0.15) is 30.0 Å². The zero-order chi connectivity index (χ0) is 32.5. The fraction of sp³-hybridized carbons (Fsp3) is 0.389. The first-order valence-electron chi connectivity index (χ1n) is 15.5. The number of amides is 2. The molecular formula is C36H40N2O8. The highest BCUT2D eigenvalue weighted by atomic mass is 16.6. The molecule has 5 rings (SSSR count). The molecule has 3 aromatic rings. The van der Waals surface area contributed by atoms with Crippen molar-refractivity contribution in [2.24, 2.45) is 11.8 Å². The Morgan fingerprint density at radius 3 is 2.02 bits per heavy atom. The summed E-state index contributed by atoms with van der Waals surface area (Å²) in [5.41, 5.74) is 1.56. The van der Waals surface area contributed by atoms with Gasteiger partial charge in [0, 0.05) is 18.3 Å². The first-order chi connectivity index (χ1) is 22.2. The van der Waals surface area contributed by atoms with Crippen LogP contribution in [0.2, 0.25) is 0 Å². The van der Waals surface area contributed by atoms with Gasteiger partial charge in [0.05, 0.1) is 39.0 Å². The van der Waals surface area contributed by atoms with Crippen LogP contribution in [0.25, 0.3) is 0 Å². The third-order valence-electron chi connectivity index (χ3n) is 8.44. The Kier molecular flexibility index (Phi) is 10.8. The molecule has 2 fully saturated rings. The van der Waals surface area contributed by atoms with Gasteiger partial charge in [-0.05, 0) is 48.6 Å². The van der Waals surface area contributed by atoms with E-state index in [0.29, 0.717) is 19.0 Å². The van der Waals surface area contributed by atoms with E-state index in [9.17, 15) is 19.2 Å². The summed E-state index contributed by atoms with van der Waals surface area (Å²) in [4.78, 5) is 54.1. The number of alkyl carbamates (subject to hydrolysis) is 1. The molecule has 2 amide bonds.